The van der Waals surface area contributed by atoms with Crippen molar-refractivity contribution in [3.63, 3.8) is 0 Å². The van der Waals surface area contributed by atoms with Crippen LogP contribution in [-0.2, 0) is 4.79 Å². The highest BCUT2D eigenvalue weighted by atomic mass is 32.1. The van der Waals surface area contributed by atoms with Gasteiger partial charge in [-0.3, -0.25) is 14.4 Å². The van der Waals surface area contributed by atoms with Gasteiger partial charge in [-0.05, 0) is 35.9 Å². The average Bonchev–Trinajstić information content (AvgIpc) is 3.26. The maximum Gasteiger partial charge on any atom is 0.306 e. The molecule has 2 aromatic heterocycles. The molecule has 3 rings (SSSR count). The van der Waals surface area contributed by atoms with Crippen molar-refractivity contribution in [2.45, 2.75) is 6.42 Å². The van der Waals surface area contributed by atoms with E-state index in [9.17, 15) is 14.4 Å². The Bertz CT molecular complexity index is 1120. The van der Waals surface area contributed by atoms with E-state index in [0.717, 1.165) is 16.9 Å². The van der Waals surface area contributed by atoms with Crippen LogP contribution in [0.4, 0.5) is 0 Å². The van der Waals surface area contributed by atoms with E-state index in [2.05, 4.69) is 4.98 Å². The molecular weight excluding hydrogens is 370 g/mol. The minimum atomic E-state index is -0.935. The first kappa shape index (κ1) is 18.4. The molecule has 0 saturated heterocycles. The number of carbonyl (C=O) groups is 2. The average molecular weight is 385 g/mol. The Morgan fingerprint density at radius 1 is 1.26 bits per heavy atom. The number of Topliss-reactive ketones (excluding diaryl/α,β-unsaturated/α-hetero) is 1. The number of carboxylic acids is 1. The van der Waals surface area contributed by atoms with Crippen LogP contribution in [0.1, 0.15) is 22.5 Å². The molecule has 2 heterocycles. The first-order valence-corrected chi connectivity index (χ1v) is 8.78. The highest BCUT2D eigenvalue weighted by Gasteiger charge is 2.05. The number of hydrogen-bond donors (Lipinski definition) is 2. The molecule has 138 valence electrons. The van der Waals surface area contributed by atoms with Crippen LogP contribution in [-0.4, -0.2) is 28.4 Å². The molecule has 3 aromatic rings. The number of hydrogen-bond acceptors (Lipinski definition) is 6. The van der Waals surface area contributed by atoms with Crippen LogP contribution in [0, 0.1) is 0 Å². The van der Waals surface area contributed by atoms with Crippen molar-refractivity contribution >= 4 is 35.2 Å². The van der Waals surface area contributed by atoms with E-state index in [4.69, 9.17) is 14.3 Å². The van der Waals surface area contributed by atoms with Gasteiger partial charge in [0, 0.05) is 6.08 Å². The molecule has 0 amide bonds. The van der Waals surface area contributed by atoms with Gasteiger partial charge >= 0.3 is 5.97 Å². The number of carboxylic acid groups (broad SMARTS) is 1. The second-order valence-electron chi connectivity index (χ2n) is 5.48. The summed E-state index contributed by atoms with van der Waals surface area (Å²) in [5, 5.41) is 8.64. The number of H-pyrrole nitrogens is 1. The zero-order valence-corrected chi connectivity index (χ0v) is 14.8. The standard InChI is InChI=1S/C19H15NO6S/c21-14(15-5-2-7-26-15)11-17-20-19(24)16(27-17)10-12-3-1-4-13(9-12)25-8-6-18(22)23/h1-5,7,9-11H,6,8H2,(H,20,24)(H,22,23)/b16-10-,17-11-. The predicted molar refractivity (Wildman–Crippen MR) is 99.5 cm³/mol. The SMILES string of the molecule is O=C(O)CCOc1cccc(/C=c2\s/c(=C\C(=O)c3ccco3)[nH]c2=O)c1. The number of ether oxygens (including phenoxy) is 1. The fraction of sp³-hybridized carbons (Fsp3) is 0.105. The third-order valence-corrected chi connectivity index (χ3v) is 4.41. The first-order chi connectivity index (χ1) is 13.0. The molecule has 0 spiro atoms. The summed E-state index contributed by atoms with van der Waals surface area (Å²) in [6.45, 7) is 0.0619. The van der Waals surface area contributed by atoms with E-state index in [1.807, 2.05) is 0 Å². The molecule has 0 aliphatic carbocycles. The summed E-state index contributed by atoms with van der Waals surface area (Å²) >= 11 is 1.15. The van der Waals surface area contributed by atoms with Gasteiger partial charge in [0.2, 0.25) is 5.78 Å². The van der Waals surface area contributed by atoms with Crippen LogP contribution in [0.2, 0.25) is 0 Å². The molecule has 0 unspecified atom stereocenters. The van der Waals surface area contributed by atoms with Crippen LogP contribution in [0.15, 0.2) is 51.9 Å². The molecule has 7 nitrogen and oxygen atoms in total. The van der Waals surface area contributed by atoms with Gasteiger partial charge in [0.15, 0.2) is 5.76 Å². The van der Waals surface area contributed by atoms with Crippen molar-refractivity contribution in [3.05, 3.63) is 73.5 Å². The lowest BCUT2D eigenvalue weighted by Gasteiger charge is -2.04. The topological polar surface area (TPSA) is 110 Å². The van der Waals surface area contributed by atoms with Crippen molar-refractivity contribution in [1.82, 2.24) is 4.98 Å². The molecule has 0 radical (unpaired) electrons. The zero-order chi connectivity index (χ0) is 19.2. The minimum Gasteiger partial charge on any atom is -0.493 e. The zero-order valence-electron chi connectivity index (χ0n) is 14.0. The highest BCUT2D eigenvalue weighted by molar-refractivity contribution is 7.07. The summed E-state index contributed by atoms with van der Waals surface area (Å²) < 4.78 is 11.3. The number of nitrogens with one attached hydrogen (secondary N) is 1. The van der Waals surface area contributed by atoms with E-state index in [-0.39, 0.29) is 30.1 Å². The second kappa shape index (κ2) is 8.33. The Hall–Kier alpha value is -3.39. The van der Waals surface area contributed by atoms with Crippen LogP contribution < -0.4 is 19.5 Å². The number of benzene rings is 1. The van der Waals surface area contributed by atoms with E-state index < -0.39 is 5.97 Å². The quantitative estimate of drug-likeness (QED) is 0.595. The molecule has 0 bridgehead atoms. The van der Waals surface area contributed by atoms with E-state index in [1.54, 1.807) is 42.5 Å². The molecule has 27 heavy (non-hydrogen) atoms. The number of aliphatic carboxylic acids is 1. The Morgan fingerprint density at radius 3 is 2.85 bits per heavy atom. The fourth-order valence-corrected chi connectivity index (χ4v) is 3.12. The molecule has 0 atom stereocenters. The minimum absolute atomic E-state index is 0.0619. The summed E-state index contributed by atoms with van der Waals surface area (Å²) in [6.07, 6.45) is 4.29. The molecular formula is C19H15NO6S. The fourth-order valence-electron chi connectivity index (χ4n) is 2.24. The van der Waals surface area contributed by atoms with Crippen molar-refractivity contribution in [1.29, 1.82) is 0 Å². The molecule has 1 aromatic carbocycles. The smallest absolute Gasteiger partial charge is 0.306 e. The summed E-state index contributed by atoms with van der Waals surface area (Å²) in [5.41, 5.74) is 0.412. The lowest BCUT2D eigenvalue weighted by Crippen LogP contribution is -2.20. The Balaban J connectivity index is 1.83. The number of aromatic nitrogens is 1. The summed E-state index contributed by atoms with van der Waals surface area (Å²) in [7, 11) is 0. The summed E-state index contributed by atoms with van der Waals surface area (Å²) in [6, 6.07) is 10.1. The Labute approximate surface area is 156 Å². The van der Waals surface area contributed by atoms with Gasteiger partial charge in [-0.1, -0.05) is 12.1 Å². The molecule has 0 fully saturated rings. The van der Waals surface area contributed by atoms with E-state index in [0.29, 0.717) is 14.9 Å². The van der Waals surface area contributed by atoms with Gasteiger partial charge in [0.05, 0.1) is 28.5 Å². The third kappa shape index (κ3) is 5.05. The van der Waals surface area contributed by atoms with Gasteiger partial charge in [-0.15, -0.1) is 11.3 Å². The number of thiazole rings is 1. The monoisotopic (exact) mass is 385 g/mol. The van der Waals surface area contributed by atoms with Crippen molar-refractivity contribution in [2.24, 2.45) is 0 Å². The van der Waals surface area contributed by atoms with E-state index in [1.165, 1.54) is 12.3 Å². The number of furan rings is 1. The number of ketones is 1. The van der Waals surface area contributed by atoms with Crippen LogP contribution in [0.3, 0.4) is 0 Å². The normalized spacial score (nSPS) is 12.3. The first-order valence-electron chi connectivity index (χ1n) is 7.96. The Kier molecular flexibility index (Phi) is 5.68. The molecule has 2 N–H and O–H groups in total. The molecule has 0 aliphatic heterocycles. The largest absolute Gasteiger partial charge is 0.493 e. The van der Waals surface area contributed by atoms with Crippen molar-refractivity contribution in [3.8, 4) is 5.75 Å². The van der Waals surface area contributed by atoms with Gasteiger partial charge in [0.25, 0.3) is 5.56 Å². The van der Waals surface area contributed by atoms with Crippen LogP contribution in [0.5, 0.6) is 5.75 Å². The number of carbonyl (C=O) groups excluding carboxylic acids is 1. The van der Waals surface area contributed by atoms with Crippen LogP contribution >= 0.6 is 11.3 Å². The lowest BCUT2D eigenvalue weighted by molar-refractivity contribution is -0.137. The highest BCUT2D eigenvalue weighted by Crippen LogP contribution is 2.14. The van der Waals surface area contributed by atoms with Gasteiger partial charge in [-0.2, -0.15) is 0 Å². The van der Waals surface area contributed by atoms with E-state index >= 15 is 0 Å². The lowest BCUT2D eigenvalue weighted by atomic mass is 10.2. The van der Waals surface area contributed by atoms with Crippen molar-refractivity contribution in [2.75, 3.05) is 6.61 Å². The Morgan fingerprint density at radius 2 is 2.11 bits per heavy atom. The maximum atomic E-state index is 12.1. The number of rotatable bonds is 7. The third-order valence-electron chi connectivity index (χ3n) is 3.45. The maximum absolute atomic E-state index is 12.1. The van der Waals surface area contributed by atoms with Gasteiger partial charge in [0.1, 0.15) is 5.75 Å². The molecule has 0 saturated carbocycles. The summed E-state index contributed by atoms with van der Waals surface area (Å²) in [4.78, 5) is 37.3. The summed E-state index contributed by atoms with van der Waals surface area (Å²) in [5.74, 6) is -0.563. The van der Waals surface area contributed by atoms with Gasteiger partial charge < -0.3 is 19.2 Å². The molecule has 8 heteroatoms. The number of aromatic amines is 1. The van der Waals surface area contributed by atoms with Crippen molar-refractivity contribution < 1.29 is 23.8 Å². The molecule has 0 aliphatic rings. The predicted octanol–water partition coefficient (Wildman–Crippen LogP) is 1.38. The second-order valence-corrected chi connectivity index (χ2v) is 6.56. The van der Waals surface area contributed by atoms with Crippen LogP contribution in [0.25, 0.3) is 12.2 Å². The van der Waals surface area contributed by atoms with Gasteiger partial charge in [-0.25, -0.2) is 0 Å².